The SMILES string of the molecule is Cc1ccc(CNC(=O)Cn2c(C)ccc(NS(=O)(=O)c3ccccc3)c2=O)o1. The van der Waals surface area contributed by atoms with E-state index in [1.54, 1.807) is 50.2 Å². The van der Waals surface area contributed by atoms with Gasteiger partial charge in [-0.3, -0.25) is 14.3 Å². The fourth-order valence-corrected chi connectivity index (χ4v) is 3.79. The molecule has 152 valence electrons. The number of carbonyl (C=O) groups excluding carboxylic acids is 1. The molecule has 3 aromatic rings. The number of carbonyl (C=O) groups is 1. The smallest absolute Gasteiger partial charge is 0.275 e. The molecule has 0 aliphatic rings. The van der Waals surface area contributed by atoms with Crippen molar-refractivity contribution in [2.24, 2.45) is 0 Å². The Labute approximate surface area is 168 Å². The van der Waals surface area contributed by atoms with Gasteiger partial charge in [0.2, 0.25) is 5.91 Å². The van der Waals surface area contributed by atoms with E-state index in [1.165, 1.54) is 22.8 Å². The molecule has 29 heavy (non-hydrogen) atoms. The maximum Gasteiger partial charge on any atom is 0.275 e. The van der Waals surface area contributed by atoms with Crippen molar-refractivity contribution in [1.82, 2.24) is 9.88 Å². The Kier molecular flexibility index (Phi) is 5.88. The number of furan rings is 1. The minimum absolute atomic E-state index is 0.0398. The highest BCUT2D eigenvalue weighted by molar-refractivity contribution is 7.92. The molecule has 3 rings (SSSR count). The lowest BCUT2D eigenvalue weighted by Gasteiger charge is -2.13. The van der Waals surface area contributed by atoms with E-state index >= 15 is 0 Å². The van der Waals surface area contributed by atoms with E-state index in [0.717, 1.165) is 5.76 Å². The van der Waals surface area contributed by atoms with Crippen LogP contribution in [-0.2, 0) is 27.9 Å². The molecule has 2 N–H and O–H groups in total. The summed E-state index contributed by atoms with van der Waals surface area (Å²) < 4.78 is 33.9. The number of aryl methyl sites for hydroxylation is 2. The zero-order valence-electron chi connectivity index (χ0n) is 16.0. The Morgan fingerprint density at radius 1 is 1.03 bits per heavy atom. The van der Waals surface area contributed by atoms with Crippen molar-refractivity contribution in [2.45, 2.75) is 31.8 Å². The van der Waals surface area contributed by atoms with E-state index < -0.39 is 21.5 Å². The van der Waals surface area contributed by atoms with Crippen molar-refractivity contribution in [3.8, 4) is 0 Å². The van der Waals surface area contributed by atoms with Crippen LogP contribution in [0, 0.1) is 13.8 Å². The number of amides is 1. The van der Waals surface area contributed by atoms with E-state index in [-0.39, 0.29) is 23.7 Å². The number of nitrogens with zero attached hydrogens (tertiary/aromatic N) is 1. The lowest BCUT2D eigenvalue weighted by molar-refractivity contribution is -0.122. The van der Waals surface area contributed by atoms with Crippen LogP contribution >= 0.6 is 0 Å². The van der Waals surface area contributed by atoms with Gasteiger partial charge < -0.3 is 14.3 Å². The quantitative estimate of drug-likeness (QED) is 0.615. The highest BCUT2D eigenvalue weighted by Crippen LogP contribution is 2.13. The van der Waals surface area contributed by atoms with Crippen LogP contribution in [0.25, 0.3) is 0 Å². The first-order chi connectivity index (χ1) is 13.8. The van der Waals surface area contributed by atoms with Gasteiger partial charge in [-0.1, -0.05) is 18.2 Å². The zero-order valence-corrected chi connectivity index (χ0v) is 16.8. The average Bonchev–Trinajstić information content (AvgIpc) is 3.12. The van der Waals surface area contributed by atoms with Crippen molar-refractivity contribution >= 4 is 21.6 Å². The minimum Gasteiger partial charge on any atom is -0.465 e. The third-order valence-electron chi connectivity index (χ3n) is 4.25. The molecular weight excluding hydrogens is 394 g/mol. The maximum absolute atomic E-state index is 12.7. The number of benzene rings is 1. The van der Waals surface area contributed by atoms with Crippen LogP contribution in [0.2, 0.25) is 0 Å². The number of hydrogen-bond donors (Lipinski definition) is 2. The van der Waals surface area contributed by atoms with E-state index in [0.29, 0.717) is 11.5 Å². The third-order valence-corrected chi connectivity index (χ3v) is 5.63. The second-order valence-corrected chi connectivity index (χ2v) is 8.17. The van der Waals surface area contributed by atoms with Crippen molar-refractivity contribution in [3.05, 3.63) is 82.2 Å². The van der Waals surface area contributed by atoms with Gasteiger partial charge in [0.15, 0.2) is 0 Å². The number of hydrogen-bond acceptors (Lipinski definition) is 5. The first kappa shape index (κ1) is 20.4. The van der Waals surface area contributed by atoms with Crippen molar-refractivity contribution in [3.63, 3.8) is 0 Å². The fourth-order valence-electron chi connectivity index (χ4n) is 2.71. The summed E-state index contributed by atoms with van der Waals surface area (Å²) in [7, 11) is -3.91. The third kappa shape index (κ3) is 4.94. The topological polar surface area (TPSA) is 110 Å². The molecule has 0 aliphatic heterocycles. The summed E-state index contributed by atoms with van der Waals surface area (Å²) in [6.07, 6.45) is 0. The molecule has 0 spiro atoms. The van der Waals surface area contributed by atoms with Crippen LogP contribution in [0.1, 0.15) is 17.2 Å². The summed E-state index contributed by atoms with van der Waals surface area (Å²) in [5, 5.41) is 2.68. The predicted octanol–water partition coefficient (Wildman–Crippen LogP) is 2.18. The summed E-state index contributed by atoms with van der Waals surface area (Å²) in [4.78, 5) is 25.1. The highest BCUT2D eigenvalue weighted by atomic mass is 32.2. The maximum atomic E-state index is 12.7. The molecule has 0 aliphatic carbocycles. The molecule has 0 unspecified atom stereocenters. The Bertz CT molecular complexity index is 1180. The van der Waals surface area contributed by atoms with Crippen LogP contribution in [0.3, 0.4) is 0 Å². The van der Waals surface area contributed by atoms with Crippen molar-refractivity contribution < 1.29 is 17.6 Å². The van der Waals surface area contributed by atoms with Gasteiger partial charge in [0.25, 0.3) is 15.6 Å². The molecule has 2 aromatic heterocycles. The predicted molar refractivity (Wildman–Crippen MR) is 108 cm³/mol. The summed E-state index contributed by atoms with van der Waals surface area (Å²) in [6.45, 7) is 3.42. The molecule has 1 amide bonds. The van der Waals surface area contributed by atoms with Gasteiger partial charge in [0, 0.05) is 5.69 Å². The fraction of sp³-hybridized carbons (Fsp3) is 0.200. The van der Waals surface area contributed by atoms with Crippen LogP contribution in [0.5, 0.6) is 0 Å². The number of aromatic nitrogens is 1. The van der Waals surface area contributed by atoms with Crippen LogP contribution in [-0.4, -0.2) is 18.9 Å². The Morgan fingerprint density at radius 2 is 1.76 bits per heavy atom. The largest absolute Gasteiger partial charge is 0.465 e. The molecule has 9 heteroatoms. The second kappa shape index (κ2) is 8.36. The summed E-state index contributed by atoms with van der Waals surface area (Å²) in [5.74, 6) is 0.941. The molecular formula is C20H21N3O5S. The van der Waals surface area contributed by atoms with Crippen LogP contribution in [0.15, 0.2) is 68.7 Å². The highest BCUT2D eigenvalue weighted by Gasteiger charge is 2.17. The molecule has 8 nitrogen and oxygen atoms in total. The van der Waals surface area contributed by atoms with Crippen molar-refractivity contribution in [1.29, 1.82) is 0 Å². The summed E-state index contributed by atoms with van der Waals surface area (Å²) >= 11 is 0. The van der Waals surface area contributed by atoms with Crippen LogP contribution < -0.4 is 15.6 Å². The van der Waals surface area contributed by atoms with Gasteiger partial charge in [0.1, 0.15) is 23.8 Å². The van der Waals surface area contributed by atoms with Gasteiger partial charge in [0.05, 0.1) is 11.4 Å². The number of rotatable bonds is 7. The molecule has 0 saturated carbocycles. The van der Waals surface area contributed by atoms with E-state index in [1.807, 2.05) is 0 Å². The average molecular weight is 415 g/mol. The Morgan fingerprint density at radius 3 is 2.41 bits per heavy atom. The molecule has 2 heterocycles. The molecule has 0 fully saturated rings. The summed E-state index contributed by atoms with van der Waals surface area (Å²) in [6, 6.07) is 14.2. The van der Waals surface area contributed by atoms with E-state index in [9.17, 15) is 18.0 Å². The first-order valence-electron chi connectivity index (χ1n) is 8.86. The van der Waals surface area contributed by atoms with Gasteiger partial charge in [-0.2, -0.15) is 0 Å². The molecule has 0 saturated heterocycles. The van der Waals surface area contributed by atoms with E-state index in [4.69, 9.17) is 4.42 Å². The molecule has 1 aromatic carbocycles. The second-order valence-electron chi connectivity index (χ2n) is 6.49. The lowest BCUT2D eigenvalue weighted by atomic mass is 10.3. The van der Waals surface area contributed by atoms with Gasteiger partial charge >= 0.3 is 0 Å². The van der Waals surface area contributed by atoms with E-state index in [2.05, 4.69) is 10.0 Å². The Balaban J connectivity index is 1.76. The molecule has 0 radical (unpaired) electrons. The van der Waals surface area contributed by atoms with Gasteiger partial charge in [-0.25, -0.2) is 8.42 Å². The monoisotopic (exact) mass is 415 g/mol. The number of nitrogens with one attached hydrogen (secondary N) is 2. The zero-order chi connectivity index (χ0) is 21.0. The lowest BCUT2D eigenvalue weighted by Crippen LogP contribution is -2.34. The number of sulfonamides is 1. The number of anilines is 1. The van der Waals surface area contributed by atoms with Gasteiger partial charge in [-0.05, 0) is 50.2 Å². The standard InChI is InChI=1S/C20H21N3O5S/c1-14-8-11-18(22-29(26,27)17-6-4-3-5-7-17)20(25)23(14)13-19(24)21-12-16-10-9-15(2)28-16/h3-11,22H,12-13H2,1-2H3,(H,21,24). The Hall–Kier alpha value is -3.33. The normalized spacial score (nSPS) is 11.2. The van der Waals surface area contributed by atoms with Crippen molar-refractivity contribution in [2.75, 3.05) is 4.72 Å². The van der Waals surface area contributed by atoms with Gasteiger partial charge in [-0.15, -0.1) is 0 Å². The first-order valence-corrected chi connectivity index (χ1v) is 10.3. The molecule has 0 bridgehead atoms. The minimum atomic E-state index is -3.91. The molecule has 0 atom stereocenters. The van der Waals surface area contributed by atoms with Crippen LogP contribution in [0.4, 0.5) is 5.69 Å². The number of pyridine rings is 1. The summed E-state index contributed by atoms with van der Waals surface area (Å²) in [5.41, 5.74) is -0.205.